The molecule has 0 saturated carbocycles. The fourth-order valence-electron chi connectivity index (χ4n) is 2.81. The third kappa shape index (κ3) is 3.84. The maximum atomic E-state index is 12.9. The zero-order valence-electron chi connectivity index (χ0n) is 13.2. The molecule has 2 amide bonds. The van der Waals surface area contributed by atoms with Crippen LogP contribution in [0.1, 0.15) is 32.6 Å². The number of nitrogens with zero attached hydrogens (tertiary/aromatic N) is 2. The van der Waals surface area contributed by atoms with Gasteiger partial charge in [-0.1, -0.05) is 6.92 Å². The number of hydrogen-bond acceptors (Lipinski definition) is 2. The van der Waals surface area contributed by atoms with Gasteiger partial charge in [0.15, 0.2) is 0 Å². The van der Waals surface area contributed by atoms with Crippen molar-refractivity contribution in [2.24, 2.45) is 5.92 Å². The number of benzene rings is 1. The lowest BCUT2D eigenvalue weighted by Gasteiger charge is -2.33. The van der Waals surface area contributed by atoms with Crippen LogP contribution in [0.15, 0.2) is 24.3 Å². The first-order valence-electron chi connectivity index (χ1n) is 7.83. The Kier molecular flexibility index (Phi) is 5.52. The van der Waals surface area contributed by atoms with E-state index in [9.17, 15) is 14.0 Å². The van der Waals surface area contributed by atoms with Gasteiger partial charge in [0.1, 0.15) is 5.82 Å². The van der Waals surface area contributed by atoms with Crippen molar-refractivity contribution in [1.82, 2.24) is 4.90 Å². The predicted octanol–water partition coefficient (Wildman–Crippen LogP) is 2.83. The van der Waals surface area contributed by atoms with Crippen LogP contribution in [0, 0.1) is 11.7 Å². The highest BCUT2D eigenvalue weighted by atomic mass is 19.1. The van der Waals surface area contributed by atoms with Gasteiger partial charge in [-0.25, -0.2) is 4.39 Å². The van der Waals surface area contributed by atoms with E-state index in [4.69, 9.17) is 0 Å². The zero-order chi connectivity index (χ0) is 16.1. The fourth-order valence-corrected chi connectivity index (χ4v) is 2.81. The summed E-state index contributed by atoms with van der Waals surface area (Å²) in [6, 6.07) is 5.91. The highest BCUT2D eigenvalue weighted by Crippen LogP contribution is 2.23. The molecule has 1 saturated heterocycles. The third-order valence-corrected chi connectivity index (χ3v) is 4.21. The molecule has 2 rings (SSSR count). The van der Waals surface area contributed by atoms with Crippen molar-refractivity contribution in [3.63, 3.8) is 0 Å². The molecule has 4 nitrogen and oxygen atoms in total. The Balaban J connectivity index is 1.91. The van der Waals surface area contributed by atoms with Crippen LogP contribution in [0.25, 0.3) is 0 Å². The van der Waals surface area contributed by atoms with Crippen molar-refractivity contribution < 1.29 is 14.0 Å². The average molecular weight is 306 g/mol. The molecule has 0 radical (unpaired) electrons. The molecule has 0 aromatic heterocycles. The van der Waals surface area contributed by atoms with Gasteiger partial charge in [-0.15, -0.1) is 0 Å². The smallest absolute Gasteiger partial charge is 0.229 e. The predicted molar refractivity (Wildman–Crippen MR) is 84.0 cm³/mol. The molecule has 0 bridgehead atoms. The van der Waals surface area contributed by atoms with Gasteiger partial charge in [0.2, 0.25) is 11.8 Å². The molecule has 1 heterocycles. The summed E-state index contributed by atoms with van der Waals surface area (Å²) in [6.45, 7) is 3.28. The number of rotatable bonds is 4. The number of carbonyl (C=O) groups is 2. The topological polar surface area (TPSA) is 40.6 Å². The average Bonchev–Trinajstić information content (AvgIpc) is 2.54. The summed E-state index contributed by atoms with van der Waals surface area (Å²) in [5.41, 5.74) is 0.691. The van der Waals surface area contributed by atoms with E-state index >= 15 is 0 Å². The summed E-state index contributed by atoms with van der Waals surface area (Å²) in [4.78, 5) is 27.8. The maximum Gasteiger partial charge on any atom is 0.229 e. The van der Waals surface area contributed by atoms with Gasteiger partial charge in [0, 0.05) is 38.2 Å². The third-order valence-electron chi connectivity index (χ3n) is 4.21. The minimum Gasteiger partial charge on any atom is -0.343 e. The number of amides is 2. The van der Waals surface area contributed by atoms with Gasteiger partial charge in [-0.3, -0.25) is 9.59 Å². The highest BCUT2D eigenvalue weighted by Gasteiger charge is 2.29. The first-order valence-corrected chi connectivity index (χ1v) is 7.83. The second-order valence-electron chi connectivity index (χ2n) is 5.78. The molecule has 1 fully saturated rings. The van der Waals surface area contributed by atoms with Crippen LogP contribution in [-0.4, -0.2) is 36.9 Å². The van der Waals surface area contributed by atoms with Crippen molar-refractivity contribution in [3.05, 3.63) is 30.1 Å². The summed E-state index contributed by atoms with van der Waals surface area (Å²) < 4.78 is 12.9. The van der Waals surface area contributed by atoms with Crippen LogP contribution in [0.4, 0.5) is 10.1 Å². The number of carbonyl (C=O) groups excluding carboxylic acids is 2. The van der Waals surface area contributed by atoms with Crippen molar-refractivity contribution in [1.29, 1.82) is 0 Å². The molecule has 0 atom stereocenters. The molecular weight excluding hydrogens is 283 g/mol. The quantitative estimate of drug-likeness (QED) is 0.858. The van der Waals surface area contributed by atoms with Crippen LogP contribution in [0.2, 0.25) is 0 Å². The minimum atomic E-state index is -0.313. The van der Waals surface area contributed by atoms with Crippen LogP contribution in [-0.2, 0) is 9.59 Å². The normalized spacial score (nSPS) is 15.7. The van der Waals surface area contributed by atoms with E-state index in [1.54, 1.807) is 24.1 Å². The van der Waals surface area contributed by atoms with E-state index in [1.165, 1.54) is 12.1 Å². The molecule has 1 aromatic rings. The first kappa shape index (κ1) is 16.5. The van der Waals surface area contributed by atoms with Crippen molar-refractivity contribution in [2.75, 3.05) is 25.0 Å². The number of halogens is 1. The van der Waals surface area contributed by atoms with E-state index in [-0.39, 0.29) is 23.5 Å². The summed E-state index contributed by atoms with van der Waals surface area (Å²) >= 11 is 0. The number of hydrogen-bond donors (Lipinski definition) is 0. The summed E-state index contributed by atoms with van der Waals surface area (Å²) in [5.74, 6) is -0.164. The van der Waals surface area contributed by atoms with E-state index in [2.05, 4.69) is 0 Å². The SMILES string of the molecule is CCCC(=O)N1CCC(C(=O)N(C)c2ccc(F)cc2)CC1. The lowest BCUT2D eigenvalue weighted by Crippen LogP contribution is -2.43. The Labute approximate surface area is 130 Å². The Hall–Kier alpha value is -1.91. The number of piperidine rings is 1. The molecule has 0 aliphatic carbocycles. The number of anilines is 1. The van der Waals surface area contributed by atoms with Crippen molar-refractivity contribution >= 4 is 17.5 Å². The molecule has 0 unspecified atom stereocenters. The van der Waals surface area contributed by atoms with Gasteiger partial charge < -0.3 is 9.80 Å². The van der Waals surface area contributed by atoms with Gasteiger partial charge in [0.25, 0.3) is 0 Å². The van der Waals surface area contributed by atoms with E-state index in [0.29, 0.717) is 38.0 Å². The standard InChI is InChI=1S/C17H23FN2O2/c1-3-4-16(21)20-11-9-13(10-12-20)17(22)19(2)15-7-5-14(18)6-8-15/h5-8,13H,3-4,9-12H2,1-2H3. The molecular formula is C17H23FN2O2. The molecule has 22 heavy (non-hydrogen) atoms. The second kappa shape index (κ2) is 7.38. The van der Waals surface area contributed by atoms with Crippen molar-refractivity contribution in [3.8, 4) is 0 Å². The van der Waals surface area contributed by atoms with Crippen LogP contribution < -0.4 is 4.90 Å². The molecule has 0 spiro atoms. The first-order chi connectivity index (χ1) is 10.5. The fraction of sp³-hybridized carbons (Fsp3) is 0.529. The van der Waals surface area contributed by atoms with Crippen LogP contribution in [0.3, 0.4) is 0 Å². The Morgan fingerprint density at radius 3 is 2.36 bits per heavy atom. The van der Waals surface area contributed by atoms with Gasteiger partial charge in [-0.05, 0) is 43.5 Å². The summed E-state index contributed by atoms with van der Waals surface area (Å²) in [6.07, 6.45) is 2.82. The monoisotopic (exact) mass is 306 g/mol. The van der Waals surface area contributed by atoms with Crippen LogP contribution in [0.5, 0.6) is 0 Å². The second-order valence-corrected chi connectivity index (χ2v) is 5.78. The molecule has 1 aliphatic heterocycles. The van der Waals surface area contributed by atoms with Crippen LogP contribution >= 0.6 is 0 Å². The maximum absolute atomic E-state index is 12.9. The molecule has 5 heteroatoms. The molecule has 1 aliphatic rings. The Morgan fingerprint density at radius 2 is 1.82 bits per heavy atom. The highest BCUT2D eigenvalue weighted by molar-refractivity contribution is 5.94. The molecule has 0 N–H and O–H groups in total. The Morgan fingerprint density at radius 1 is 1.23 bits per heavy atom. The molecule has 1 aromatic carbocycles. The van der Waals surface area contributed by atoms with Crippen molar-refractivity contribution in [2.45, 2.75) is 32.6 Å². The van der Waals surface area contributed by atoms with Gasteiger partial charge in [-0.2, -0.15) is 0 Å². The van der Waals surface area contributed by atoms with E-state index < -0.39 is 0 Å². The summed E-state index contributed by atoms with van der Waals surface area (Å²) in [7, 11) is 1.71. The lowest BCUT2D eigenvalue weighted by molar-refractivity contribution is -0.134. The number of likely N-dealkylation sites (tertiary alicyclic amines) is 1. The Bertz CT molecular complexity index is 522. The summed E-state index contributed by atoms with van der Waals surface area (Å²) in [5, 5.41) is 0. The lowest BCUT2D eigenvalue weighted by atomic mass is 9.95. The van der Waals surface area contributed by atoms with E-state index in [0.717, 1.165) is 6.42 Å². The zero-order valence-corrected chi connectivity index (χ0v) is 13.2. The molecule has 120 valence electrons. The van der Waals surface area contributed by atoms with Gasteiger partial charge >= 0.3 is 0 Å². The largest absolute Gasteiger partial charge is 0.343 e. The van der Waals surface area contributed by atoms with Gasteiger partial charge in [0.05, 0.1) is 0 Å². The minimum absolute atomic E-state index is 0.0363. The van der Waals surface area contributed by atoms with E-state index in [1.807, 2.05) is 11.8 Å².